The van der Waals surface area contributed by atoms with Gasteiger partial charge < -0.3 is 5.11 Å². The highest BCUT2D eigenvalue weighted by Gasteiger charge is 2.25. The van der Waals surface area contributed by atoms with Crippen LogP contribution in [0, 0.1) is 11.7 Å². The van der Waals surface area contributed by atoms with E-state index < -0.39 is 33.8 Å². The number of hydrogen-bond acceptors (Lipinski definition) is 3. The van der Waals surface area contributed by atoms with Gasteiger partial charge in [-0.2, -0.15) is 0 Å². The molecule has 0 spiro atoms. The topological polar surface area (TPSA) is 83.5 Å². The Morgan fingerprint density at radius 2 is 2.00 bits per heavy atom. The molecule has 2 unspecified atom stereocenters. The van der Waals surface area contributed by atoms with Crippen LogP contribution in [0.5, 0.6) is 0 Å². The number of sulfonamides is 1. The molecule has 7 heteroatoms. The minimum atomic E-state index is -3.91. The summed E-state index contributed by atoms with van der Waals surface area (Å²) in [4.78, 5) is 10.5. The van der Waals surface area contributed by atoms with Crippen molar-refractivity contribution < 1.29 is 22.7 Å². The Labute approximate surface area is 105 Å². The largest absolute Gasteiger partial charge is 0.481 e. The zero-order chi connectivity index (χ0) is 13.9. The number of benzene rings is 1. The number of carboxylic acid groups (broad SMARTS) is 1. The lowest BCUT2D eigenvalue weighted by Crippen LogP contribution is -2.39. The molecule has 2 N–H and O–H groups in total. The second-order valence-electron chi connectivity index (χ2n) is 3.99. The first-order chi connectivity index (χ1) is 8.24. The van der Waals surface area contributed by atoms with Crippen molar-refractivity contribution in [3.8, 4) is 0 Å². The van der Waals surface area contributed by atoms with Crippen molar-refractivity contribution in [3.63, 3.8) is 0 Å². The minimum absolute atomic E-state index is 0.230. The van der Waals surface area contributed by atoms with Crippen molar-refractivity contribution in [2.24, 2.45) is 5.92 Å². The van der Waals surface area contributed by atoms with E-state index in [0.29, 0.717) is 0 Å². The molecule has 0 radical (unpaired) electrons. The summed E-state index contributed by atoms with van der Waals surface area (Å²) in [5.74, 6) is -2.66. The highest BCUT2D eigenvalue weighted by atomic mass is 32.2. The fourth-order valence-electron chi connectivity index (χ4n) is 1.26. The van der Waals surface area contributed by atoms with Gasteiger partial charge in [0.15, 0.2) is 0 Å². The third kappa shape index (κ3) is 3.51. The molecule has 0 aliphatic rings. The van der Waals surface area contributed by atoms with E-state index in [-0.39, 0.29) is 4.90 Å². The summed E-state index contributed by atoms with van der Waals surface area (Å²) in [6.45, 7) is 2.83. The van der Waals surface area contributed by atoms with E-state index in [1.54, 1.807) is 0 Å². The number of hydrogen-bond donors (Lipinski definition) is 2. The molecule has 18 heavy (non-hydrogen) atoms. The summed E-state index contributed by atoms with van der Waals surface area (Å²) in [6.07, 6.45) is 0. The summed E-state index contributed by atoms with van der Waals surface area (Å²) in [5.41, 5.74) is 0. The molecule has 0 aliphatic carbocycles. The van der Waals surface area contributed by atoms with E-state index in [4.69, 9.17) is 5.11 Å². The summed E-state index contributed by atoms with van der Waals surface area (Å²) < 4.78 is 38.8. The van der Waals surface area contributed by atoms with Gasteiger partial charge >= 0.3 is 5.97 Å². The van der Waals surface area contributed by atoms with E-state index in [0.717, 1.165) is 12.1 Å². The molecular formula is C11H14FNO4S. The zero-order valence-corrected chi connectivity index (χ0v) is 10.7. The Hall–Kier alpha value is -1.47. The lowest BCUT2D eigenvalue weighted by atomic mass is 10.1. The van der Waals surface area contributed by atoms with Gasteiger partial charge in [0.2, 0.25) is 10.0 Å². The van der Waals surface area contributed by atoms with E-state index in [1.807, 2.05) is 0 Å². The van der Waals surface area contributed by atoms with Crippen LogP contribution >= 0.6 is 0 Å². The number of halogens is 1. The molecular weight excluding hydrogens is 261 g/mol. The van der Waals surface area contributed by atoms with Crippen LogP contribution in [-0.2, 0) is 14.8 Å². The first-order valence-corrected chi connectivity index (χ1v) is 6.73. The molecule has 5 nitrogen and oxygen atoms in total. The SMILES string of the molecule is CC(NS(=O)(=O)c1cccc(F)c1)C(C)C(=O)O. The van der Waals surface area contributed by atoms with Gasteiger partial charge in [-0.1, -0.05) is 13.0 Å². The van der Waals surface area contributed by atoms with Crippen molar-refractivity contribution in [3.05, 3.63) is 30.1 Å². The highest BCUT2D eigenvalue weighted by Crippen LogP contribution is 2.13. The minimum Gasteiger partial charge on any atom is -0.481 e. The van der Waals surface area contributed by atoms with Crippen LogP contribution in [0.1, 0.15) is 13.8 Å². The molecule has 100 valence electrons. The smallest absolute Gasteiger partial charge is 0.307 e. The molecule has 0 saturated heterocycles. The van der Waals surface area contributed by atoms with Crippen LogP contribution < -0.4 is 4.72 Å². The molecule has 0 amide bonds. The standard InChI is InChI=1S/C11H14FNO4S/c1-7(11(14)15)8(2)13-18(16,17)10-5-3-4-9(12)6-10/h3-8,13H,1-2H3,(H,14,15). The normalized spacial score (nSPS) is 15.1. The Morgan fingerprint density at radius 1 is 1.39 bits per heavy atom. The average Bonchev–Trinajstić information content (AvgIpc) is 2.27. The fourth-order valence-corrected chi connectivity index (χ4v) is 2.62. The highest BCUT2D eigenvalue weighted by molar-refractivity contribution is 7.89. The van der Waals surface area contributed by atoms with E-state index in [2.05, 4.69) is 4.72 Å². The number of carbonyl (C=O) groups is 1. The van der Waals surface area contributed by atoms with Crippen molar-refractivity contribution in [1.29, 1.82) is 0 Å². The quantitative estimate of drug-likeness (QED) is 0.846. The van der Waals surface area contributed by atoms with Crippen molar-refractivity contribution in [1.82, 2.24) is 4.72 Å². The third-order valence-corrected chi connectivity index (χ3v) is 4.14. The van der Waals surface area contributed by atoms with Gasteiger partial charge in [-0.15, -0.1) is 0 Å². The fraction of sp³-hybridized carbons (Fsp3) is 0.364. The summed E-state index contributed by atoms with van der Waals surface area (Å²) >= 11 is 0. The van der Waals surface area contributed by atoms with Gasteiger partial charge in [0.05, 0.1) is 10.8 Å². The maximum Gasteiger partial charge on any atom is 0.307 e. The first-order valence-electron chi connectivity index (χ1n) is 5.25. The van der Waals surface area contributed by atoms with Gasteiger partial charge in [-0.05, 0) is 25.1 Å². The molecule has 0 aliphatic heterocycles. The molecule has 0 fully saturated rings. The molecule has 0 bridgehead atoms. The van der Waals surface area contributed by atoms with E-state index in [1.165, 1.54) is 26.0 Å². The van der Waals surface area contributed by atoms with Crippen molar-refractivity contribution in [2.45, 2.75) is 24.8 Å². The van der Waals surface area contributed by atoms with E-state index in [9.17, 15) is 17.6 Å². The maximum atomic E-state index is 12.9. The van der Waals surface area contributed by atoms with Crippen LogP contribution in [0.4, 0.5) is 4.39 Å². The third-order valence-electron chi connectivity index (χ3n) is 2.59. The Balaban J connectivity index is 2.92. The van der Waals surface area contributed by atoms with Crippen LogP contribution in [-0.4, -0.2) is 25.5 Å². The monoisotopic (exact) mass is 275 g/mol. The predicted octanol–water partition coefficient (Wildman–Crippen LogP) is 1.21. The van der Waals surface area contributed by atoms with Crippen molar-refractivity contribution >= 4 is 16.0 Å². The van der Waals surface area contributed by atoms with Crippen LogP contribution in [0.2, 0.25) is 0 Å². The lowest BCUT2D eigenvalue weighted by Gasteiger charge is -2.17. The zero-order valence-electron chi connectivity index (χ0n) is 9.92. The number of nitrogens with one attached hydrogen (secondary N) is 1. The Bertz CT molecular complexity index is 544. The van der Waals surface area contributed by atoms with Gasteiger partial charge in [-0.25, -0.2) is 17.5 Å². The molecule has 2 atom stereocenters. The molecule has 0 saturated carbocycles. The summed E-state index contributed by atoms with van der Waals surface area (Å²) in [6, 6.07) is 3.72. The summed E-state index contributed by atoms with van der Waals surface area (Å²) in [7, 11) is -3.91. The van der Waals surface area contributed by atoms with Crippen LogP contribution in [0.25, 0.3) is 0 Å². The maximum absolute atomic E-state index is 12.9. The van der Waals surface area contributed by atoms with Gasteiger partial charge in [-0.3, -0.25) is 4.79 Å². The predicted molar refractivity (Wildman–Crippen MR) is 63.0 cm³/mol. The second-order valence-corrected chi connectivity index (χ2v) is 5.71. The van der Waals surface area contributed by atoms with Gasteiger partial charge in [0, 0.05) is 6.04 Å². The molecule has 1 rings (SSSR count). The molecule has 1 aromatic rings. The molecule has 0 heterocycles. The lowest BCUT2D eigenvalue weighted by molar-refractivity contribution is -0.141. The van der Waals surface area contributed by atoms with Gasteiger partial charge in [0.25, 0.3) is 0 Å². The number of aliphatic carboxylic acids is 1. The molecule has 1 aromatic carbocycles. The number of carboxylic acids is 1. The number of rotatable bonds is 5. The van der Waals surface area contributed by atoms with Crippen LogP contribution in [0.3, 0.4) is 0 Å². The first kappa shape index (κ1) is 14.6. The second kappa shape index (κ2) is 5.45. The summed E-state index contributed by atoms with van der Waals surface area (Å²) in [5, 5.41) is 8.77. The van der Waals surface area contributed by atoms with Gasteiger partial charge in [0.1, 0.15) is 5.82 Å². The average molecular weight is 275 g/mol. The van der Waals surface area contributed by atoms with Crippen LogP contribution in [0.15, 0.2) is 29.2 Å². The molecule has 0 aromatic heterocycles. The van der Waals surface area contributed by atoms with E-state index >= 15 is 0 Å². The van der Waals surface area contributed by atoms with Crippen molar-refractivity contribution in [2.75, 3.05) is 0 Å². The Morgan fingerprint density at radius 3 is 2.50 bits per heavy atom. The Kier molecular flexibility index (Phi) is 4.42.